The van der Waals surface area contributed by atoms with Gasteiger partial charge in [-0.15, -0.1) is 0 Å². The third-order valence-electron chi connectivity index (χ3n) is 4.71. The summed E-state index contributed by atoms with van der Waals surface area (Å²) >= 11 is 0. The first-order chi connectivity index (χ1) is 11.3. The summed E-state index contributed by atoms with van der Waals surface area (Å²) in [4.78, 5) is 0. The SMILES string of the molecule is FC(F)(F)C(F)(F)C(F)(F)C(F)(F)C(F)(F)C(F)(F)C1CC2=CCC1C2. The summed E-state index contributed by atoms with van der Waals surface area (Å²) < 4.78 is 170. The van der Waals surface area contributed by atoms with Crippen LogP contribution < -0.4 is 0 Å². The van der Waals surface area contributed by atoms with Crippen molar-refractivity contribution in [3.05, 3.63) is 11.6 Å². The molecular weight excluding hydrogens is 403 g/mol. The fourth-order valence-electron chi connectivity index (χ4n) is 3.18. The molecular formula is C13H9F13. The number of fused-ring (bicyclic) bond motifs is 2. The number of hydrogen-bond donors (Lipinski definition) is 0. The van der Waals surface area contributed by atoms with Crippen LogP contribution in [-0.2, 0) is 0 Å². The Morgan fingerprint density at radius 2 is 1.08 bits per heavy atom. The first kappa shape index (κ1) is 21.1. The number of hydrogen-bond acceptors (Lipinski definition) is 0. The molecule has 0 N–H and O–H groups in total. The Morgan fingerprint density at radius 3 is 1.42 bits per heavy atom. The summed E-state index contributed by atoms with van der Waals surface area (Å²) in [5.74, 6) is -40.2. The van der Waals surface area contributed by atoms with Gasteiger partial charge in [-0.05, 0) is 25.2 Å². The summed E-state index contributed by atoms with van der Waals surface area (Å²) in [7, 11) is 0. The Morgan fingerprint density at radius 1 is 0.615 bits per heavy atom. The van der Waals surface area contributed by atoms with Crippen LogP contribution in [0.15, 0.2) is 11.6 Å². The van der Waals surface area contributed by atoms with Crippen molar-refractivity contribution in [1.82, 2.24) is 0 Å². The van der Waals surface area contributed by atoms with Crippen LogP contribution >= 0.6 is 0 Å². The molecule has 2 aliphatic rings. The van der Waals surface area contributed by atoms with E-state index in [2.05, 4.69) is 0 Å². The van der Waals surface area contributed by atoms with E-state index in [1.54, 1.807) is 0 Å². The molecule has 2 bridgehead atoms. The molecule has 2 unspecified atom stereocenters. The van der Waals surface area contributed by atoms with E-state index in [0.29, 0.717) is 0 Å². The van der Waals surface area contributed by atoms with Gasteiger partial charge in [-0.25, -0.2) is 0 Å². The average molecular weight is 412 g/mol. The monoisotopic (exact) mass is 412 g/mol. The maximum Gasteiger partial charge on any atom is 0.460 e. The molecule has 0 heterocycles. The van der Waals surface area contributed by atoms with Gasteiger partial charge in [0.2, 0.25) is 0 Å². The molecule has 0 amide bonds. The Kier molecular flexibility index (Phi) is 4.41. The molecule has 1 saturated carbocycles. The maximum atomic E-state index is 14.0. The highest BCUT2D eigenvalue weighted by Crippen LogP contribution is 2.64. The van der Waals surface area contributed by atoms with Gasteiger partial charge in [-0.1, -0.05) is 11.6 Å². The lowest BCUT2D eigenvalue weighted by atomic mass is 9.80. The van der Waals surface area contributed by atoms with Gasteiger partial charge in [0.15, 0.2) is 0 Å². The van der Waals surface area contributed by atoms with Crippen LogP contribution in [0, 0.1) is 11.8 Å². The van der Waals surface area contributed by atoms with E-state index in [4.69, 9.17) is 0 Å². The number of allylic oxidation sites excluding steroid dienone is 2. The molecule has 0 aromatic rings. The molecule has 0 aromatic heterocycles. The van der Waals surface area contributed by atoms with E-state index in [0.717, 1.165) is 0 Å². The lowest BCUT2D eigenvalue weighted by Gasteiger charge is -2.42. The van der Waals surface area contributed by atoms with Gasteiger partial charge in [-0.3, -0.25) is 0 Å². The van der Waals surface area contributed by atoms with Gasteiger partial charge in [0.25, 0.3) is 0 Å². The molecule has 0 radical (unpaired) electrons. The molecule has 0 aliphatic heterocycles. The maximum absolute atomic E-state index is 14.0. The third-order valence-corrected chi connectivity index (χ3v) is 4.71. The van der Waals surface area contributed by atoms with Gasteiger partial charge in [-0.2, -0.15) is 57.1 Å². The largest absolute Gasteiger partial charge is 0.460 e. The second kappa shape index (κ2) is 5.43. The van der Waals surface area contributed by atoms with Gasteiger partial charge < -0.3 is 0 Å². The topological polar surface area (TPSA) is 0 Å². The molecule has 152 valence electrons. The van der Waals surface area contributed by atoms with E-state index in [1.165, 1.54) is 6.08 Å². The normalized spacial score (nSPS) is 25.7. The number of rotatable bonds is 5. The predicted octanol–water partition coefficient (Wildman–Crippen LogP) is 6.08. The summed E-state index contributed by atoms with van der Waals surface area (Å²) in [5, 5.41) is 0. The van der Waals surface area contributed by atoms with E-state index >= 15 is 0 Å². The molecule has 0 saturated heterocycles. The van der Waals surface area contributed by atoms with Crippen LogP contribution in [0.1, 0.15) is 19.3 Å². The van der Waals surface area contributed by atoms with E-state index in [1.807, 2.05) is 0 Å². The highest BCUT2D eigenvalue weighted by Gasteiger charge is 2.91. The first-order valence-electron chi connectivity index (χ1n) is 6.96. The average Bonchev–Trinajstić information content (AvgIpc) is 3.07. The van der Waals surface area contributed by atoms with Crippen LogP contribution in [0.25, 0.3) is 0 Å². The Labute approximate surface area is 137 Å². The number of alkyl halides is 13. The third kappa shape index (κ3) is 2.44. The molecule has 2 aliphatic carbocycles. The van der Waals surface area contributed by atoms with Gasteiger partial charge in [0.1, 0.15) is 0 Å². The van der Waals surface area contributed by atoms with Crippen LogP contribution in [0.4, 0.5) is 57.1 Å². The van der Waals surface area contributed by atoms with Crippen molar-refractivity contribution < 1.29 is 57.1 Å². The molecule has 0 aromatic carbocycles. The molecule has 0 nitrogen and oxygen atoms in total. The zero-order valence-electron chi connectivity index (χ0n) is 12.3. The minimum absolute atomic E-state index is 0.172. The van der Waals surface area contributed by atoms with Crippen molar-refractivity contribution in [3.8, 4) is 0 Å². The summed E-state index contributed by atoms with van der Waals surface area (Å²) in [5.41, 5.74) is 0.172. The lowest BCUT2D eigenvalue weighted by molar-refractivity contribution is -0.443. The zero-order chi connectivity index (χ0) is 20.6. The van der Waals surface area contributed by atoms with Crippen molar-refractivity contribution >= 4 is 0 Å². The van der Waals surface area contributed by atoms with E-state index in [9.17, 15) is 57.1 Å². The van der Waals surface area contributed by atoms with Gasteiger partial charge in [0.05, 0.1) is 0 Å². The predicted molar refractivity (Wildman–Crippen MR) is 59.7 cm³/mol. The van der Waals surface area contributed by atoms with Crippen molar-refractivity contribution in [2.45, 2.75) is 55.1 Å². The van der Waals surface area contributed by atoms with Gasteiger partial charge >= 0.3 is 35.8 Å². The first-order valence-corrected chi connectivity index (χ1v) is 6.96. The van der Waals surface area contributed by atoms with Crippen molar-refractivity contribution in [2.75, 3.05) is 0 Å². The quantitative estimate of drug-likeness (QED) is 0.379. The molecule has 13 heteroatoms. The summed E-state index contributed by atoms with van der Waals surface area (Å²) in [6.07, 6.45) is -7.34. The highest BCUT2D eigenvalue weighted by atomic mass is 19.4. The molecule has 0 spiro atoms. The molecule has 2 atom stereocenters. The highest BCUT2D eigenvalue weighted by molar-refractivity contribution is 5.23. The standard InChI is InChI=1S/C13H9F13/c14-8(15,7-4-5-1-2-6(7)3-5)9(16,17)10(18,19)11(20,21)12(22,23)13(24,25)26/h1,6-7H,2-4H2. The number of halogens is 13. The minimum atomic E-state index is -7.82. The lowest BCUT2D eigenvalue weighted by Crippen LogP contribution is -2.71. The Balaban J connectivity index is 2.47. The minimum Gasteiger partial charge on any atom is -0.199 e. The van der Waals surface area contributed by atoms with E-state index in [-0.39, 0.29) is 18.4 Å². The molecule has 1 fully saturated rings. The fourth-order valence-corrected chi connectivity index (χ4v) is 3.18. The molecule has 2 rings (SSSR count). The Bertz CT molecular complexity index is 598. The Hall–Kier alpha value is -1.17. The van der Waals surface area contributed by atoms with E-state index < -0.39 is 54.0 Å². The van der Waals surface area contributed by atoms with Crippen molar-refractivity contribution in [1.29, 1.82) is 0 Å². The van der Waals surface area contributed by atoms with Crippen LogP contribution in [0.5, 0.6) is 0 Å². The van der Waals surface area contributed by atoms with Gasteiger partial charge in [0, 0.05) is 5.92 Å². The smallest absolute Gasteiger partial charge is 0.199 e. The van der Waals surface area contributed by atoms with Crippen LogP contribution in [0.3, 0.4) is 0 Å². The van der Waals surface area contributed by atoms with Crippen LogP contribution in [-0.4, -0.2) is 35.8 Å². The molecule has 26 heavy (non-hydrogen) atoms. The summed E-state index contributed by atoms with van der Waals surface area (Å²) in [6, 6.07) is 0. The van der Waals surface area contributed by atoms with Crippen LogP contribution in [0.2, 0.25) is 0 Å². The fraction of sp³-hybridized carbons (Fsp3) is 0.846. The van der Waals surface area contributed by atoms with Crippen molar-refractivity contribution in [3.63, 3.8) is 0 Å². The second-order valence-corrected chi connectivity index (χ2v) is 6.29. The zero-order valence-corrected chi connectivity index (χ0v) is 12.3. The summed E-state index contributed by atoms with van der Waals surface area (Å²) in [6.45, 7) is 0. The second-order valence-electron chi connectivity index (χ2n) is 6.29. The van der Waals surface area contributed by atoms with Crippen molar-refractivity contribution in [2.24, 2.45) is 11.8 Å².